The number of carbonyl (C=O) groups excluding carboxylic acids is 2. The maximum absolute atomic E-state index is 11.9. The molecule has 2 saturated heterocycles. The van der Waals surface area contributed by atoms with Crippen LogP contribution < -0.4 is 5.32 Å². The second kappa shape index (κ2) is 8.18. The Morgan fingerprint density at radius 2 is 2.12 bits per heavy atom. The van der Waals surface area contributed by atoms with Gasteiger partial charge in [-0.2, -0.15) is 0 Å². The van der Waals surface area contributed by atoms with E-state index in [4.69, 9.17) is 16.3 Å². The minimum Gasteiger partial charge on any atom is -0.448 e. The lowest BCUT2D eigenvalue weighted by Gasteiger charge is -2.31. The number of rotatable bonds is 6. The van der Waals surface area contributed by atoms with Crippen LogP contribution in [0.4, 0.5) is 4.79 Å². The lowest BCUT2D eigenvalue weighted by atomic mass is 9.97. The molecule has 0 spiro atoms. The van der Waals surface area contributed by atoms with Crippen LogP contribution in [-0.2, 0) is 16.1 Å². The zero-order valence-electron chi connectivity index (χ0n) is 13.5. The van der Waals surface area contributed by atoms with Gasteiger partial charge in [0, 0.05) is 18.0 Å². The number of halogens is 1. The fourth-order valence-electron chi connectivity index (χ4n) is 3.06. The van der Waals surface area contributed by atoms with E-state index >= 15 is 0 Å². The molecular weight excluding hydrogens is 350 g/mol. The molecule has 2 aliphatic heterocycles. The zero-order chi connectivity index (χ0) is 16.9. The van der Waals surface area contributed by atoms with Crippen LogP contribution in [0, 0.1) is 5.92 Å². The molecule has 1 N–H and O–H groups in total. The molecule has 0 unspecified atom stereocenters. The van der Waals surface area contributed by atoms with Gasteiger partial charge in [0.25, 0.3) is 0 Å². The van der Waals surface area contributed by atoms with Gasteiger partial charge in [-0.1, -0.05) is 11.6 Å². The standard InChI is InChI=1S/C16H22ClN3O3S/c17-14-2-1-13(24-14)10-19-5-3-12(4-6-19)9-18-15(21)11-20-7-8-23-16(20)22/h1-2,12H,3-11H2,(H,18,21). The van der Waals surface area contributed by atoms with Crippen molar-refractivity contribution in [1.82, 2.24) is 15.1 Å². The minimum atomic E-state index is -0.396. The maximum atomic E-state index is 11.9. The predicted octanol–water partition coefficient (Wildman–Crippen LogP) is 2.18. The molecule has 3 heterocycles. The summed E-state index contributed by atoms with van der Waals surface area (Å²) in [5, 5.41) is 2.95. The third-order valence-corrected chi connectivity index (χ3v) is 5.70. The molecule has 2 fully saturated rings. The van der Waals surface area contributed by atoms with Gasteiger partial charge in [-0.15, -0.1) is 11.3 Å². The first-order valence-corrected chi connectivity index (χ1v) is 9.44. The first-order valence-electron chi connectivity index (χ1n) is 8.25. The number of piperidine rings is 1. The molecule has 2 amide bonds. The fraction of sp³-hybridized carbons (Fsp3) is 0.625. The molecule has 0 aromatic carbocycles. The van der Waals surface area contributed by atoms with Crippen LogP contribution in [0.25, 0.3) is 0 Å². The molecule has 1 aromatic rings. The summed E-state index contributed by atoms with van der Waals surface area (Å²) < 4.78 is 5.65. The van der Waals surface area contributed by atoms with E-state index < -0.39 is 6.09 Å². The molecule has 8 heteroatoms. The monoisotopic (exact) mass is 371 g/mol. The van der Waals surface area contributed by atoms with Crippen molar-refractivity contribution in [1.29, 1.82) is 0 Å². The summed E-state index contributed by atoms with van der Waals surface area (Å²) in [6.07, 6.45) is 1.75. The number of nitrogens with one attached hydrogen (secondary N) is 1. The van der Waals surface area contributed by atoms with Crippen LogP contribution in [0.1, 0.15) is 17.7 Å². The van der Waals surface area contributed by atoms with E-state index in [2.05, 4.69) is 16.3 Å². The van der Waals surface area contributed by atoms with Crippen LogP contribution in [0.5, 0.6) is 0 Å². The molecule has 0 atom stereocenters. The van der Waals surface area contributed by atoms with Crippen LogP contribution in [-0.4, -0.2) is 61.1 Å². The second-order valence-electron chi connectivity index (χ2n) is 6.27. The third kappa shape index (κ3) is 4.84. The Balaban J connectivity index is 1.33. The molecule has 0 saturated carbocycles. The molecule has 132 valence electrons. The van der Waals surface area contributed by atoms with Gasteiger partial charge in [-0.3, -0.25) is 14.6 Å². The summed E-state index contributed by atoms with van der Waals surface area (Å²) in [6.45, 7) is 4.67. The van der Waals surface area contributed by atoms with Gasteiger partial charge < -0.3 is 10.1 Å². The number of hydrogen-bond donors (Lipinski definition) is 1. The average molecular weight is 372 g/mol. The van der Waals surface area contributed by atoms with Gasteiger partial charge >= 0.3 is 6.09 Å². The van der Waals surface area contributed by atoms with Gasteiger partial charge in [-0.05, 0) is 44.0 Å². The second-order valence-corrected chi connectivity index (χ2v) is 8.06. The van der Waals surface area contributed by atoms with Crippen molar-refractivity contribution in [2.45, 2.75) is 19.4 Å². The van der Waals surface area contributed by atoms with Crippen LogP contribution >= 0.6 is 22.9 Å². The highest BCUT2D eigenvalue weighted by Crippen LogP contribution is 2.25. The third-order valence-electron chi connectivity index (χ3n) is 4.48. The lowest BCUT2D eigenvalue weighted by Crippen LogP contribution is -2.42. The summed E-state index contributed by atoms with van der Waals surface area (Å²) in [5.74, 6) is 0.396. The molecule has 0 radical (unpaired) electrons. The van der Waals surface area contributed by atoms with E-state index in [9.17, 15) is 9.59 Å². The Morgan fingerprint density at radius 3 is 2.75 bits per heavy atom. The van der Waals surface area contributed by atoms with Gasteiger partial charge in [-0.25, -0.2) is 4.79 Å². The SMILES string of the molecule is O=C(CN1CCOC1=O)NCC1CCN(Cc2ccc(Cl)s2)CC1. The van der Waals surface area contributed by atoms with Crippen LogP contribution in [0.2, 0.25) is 4.34 Å². The van der Waals surface area contributed by atoms with Gasteiger partial charge in [0.15, 0.2) is 0 Å². The van der Waals surface area contributed by atoms with Crippen molar-refractivity contribution >= 4 is 34.9 Å². The first kappa shape index (κ1) is 17.5. The predicted molar refractivity (Wildman–Crippen MR) is 93.3 cm³/mol. The number of thiophene rings is 1. The van der Waals surface area contributed by atoms with Gasteiger partial charge in [0.1, 0.15) is 13.2 Å². The van der Waals surface area contributed by atoms with E-state index in [1.807, 2.05) is 6.07 Å². The highest BCUT2D eigenvalue weighted by molar-refractivity contribution is 7.16. The Labute approximate surface area is 150 Å². The topological polar surface area (TPSA) is 61.9 Å². The van der Waals surface area contributed by atoms with E-state index in [1.165, 1.54) is 9.78 Å². The van der Waals surface area contributed by atoms with E-state index in [1.54, 1.807) is 11.3 Å². The van der Waals surface area contributed by atoms with Crippen molar-refractivity contribution in [2.75, 3.05) is 39.3 Å². The fourth-order valence-corrected chi connectivity index (χ4v) is 4.19. The Hall–Kier alpha value is -1.31. The van der Waals surface area contributed by atoms with Gasteiger partial charge in [0.2, 0.25) is 5.91 Å². The molecule has 0 bridgehead atoms. The Bertz CT molecular complexity index is 587. The average Bonchev–Trinajstić information content (AvgIpc) is 3.15. The first-order chi connectivity index (χ1) is 11.6. The minimum absolute atomic E-state index is 0.0941. The normalized spacial score (nSPS) is 19.5. The number of likely N-dealkylation sites (tertiary alicyclic amines) is 1. The van der Waals surface area contributed by atoms with Crippen LogP contribution in [0.15, 0.2) is 12.1 Å². The summed E-state index contributed by atoms with van der Waals surface area (Å²) >= 11 is 7.61. The highest BCUT2D eigenvalue weighted by Gasteiger charge is 2.25. The van der Waals surface area contributed by atoms with Crippen molar-refractivity contribution < 1.29 is 14.3 Å². The largest absolute Gasteiger partial charge is 0.448 e. The quantitative estimate of drug-likeness (QED) is 0.832. The summed E-state index contributed by atoms with van der Waals surface area (Å²) in [4.78, 5) is 28.4. The van der Waals surface area contributed by atoms with E-state index in [-0.39, 0.29) is 12.5 Å². The molecule has 0 aliphatic carbocycles. The van der Waals surface area contributed by atoms with Gasteiger partial charge in [0.05, 0.1) is 10.9 Å². The van der Waals surface area contributed by atoms with Crippen molar-refractivity contribution in [3.8, 4) is 0 Å². The molecule has 24 heavy (non-hydrogen) atoms. The molecular formula is C16H22ClN3O3S. The maximum Gasteiger partial charge on any atom is 0.410 e. The number of amides is 2. The van der Waals surface area contributed by atoms with E-state index in [0.717, 1.165) is 36.8 Å². The van der Waals surface area contributed by atoms with Crippen LogP contribution in [0.3, 0.4) is 0 Å². The summed E-state index contributed by atoms with van der Waals surface area (Å²) in [6, 6.07) is 4.03. The Kier molecular flexibility index (Phi) is 5.97. The summed E-state index contributed by atoms with van der Waals surface area (Å²) in [5.41, 5.74) is 0. The summed E-state index contributed by atoms with van der Waals surface area (Å²) in [7, 11) is 0. The van der Waals surface area contributed by atoms with Crippen molar-refractivity contribution in [3.05, 3.63) is 21.3 Å². The number of hydrogen-bond acceptors (Lipinski definition) is 5. The van der Waals surface area contributed by atoms with Crippen molar-refractivity contribution in [2.24, 2.45) is 5.92 Å². The highest BCUT2D eigenvalue weighted by atomic mass is 35.5. The molecule has 2 aliphatic rings. The van der Waals surface area contributed by atoms with Crippen molar-refractivity contribution in [3.63, 3.8) is 0 Å². The molecule has 3 rings (SSSR count). The van der Waals surface area contributed by atoms with E-state index in [0.29, 0.717) is 25.6 Å². The number of nitrogens with zero attached hydrogens (tertiary/aromatic N) is 2. The smallest absolute Gasteiger partial charge is 0.410 e. The molecule has 6 nitrogen and oxygen atoms in total. The number of ether oxygens (including phenoxy) is 1. The number of carbonyl (C=O) groups is 2. The lowest BCUT2D eigenvalue weighted by molar-refractivity contribution is -0.121. The Morgan fingerprint density at radius 1 is 1.33 bits per heavy atom. The molecule has 1 aromatic heterocycles. The number of cyclic esters (lactones) is 1. The zero-order valence-corrected chi connectivity index (χ0v) is 15.1.